The number of anilines is 2. The van der Waals surface area contributed by atoms with Crippen LogP contribution in [0.15, 0.2) is 249 Å². The predicted molar refractivity (Wildman–Crippen MR) is 339 cm³/mol. The second-order valence-electron chi connectivity index (χ2n) is 22.8. The molecule has 1 N–H and O–H groups in total. The van der Waals surface area contributed by atoms with Crippen molar-refractivity contribution in [2.45, 2.75) is 31.6 Å². The summed E-state index contributed by atoms with van der Waals surface area (Å²) in [4.78, 5) is 10.8. The Labute approximate surface area is 496 Å². The minimum absolute atomic E-state index is 0. The molecule has 83 heavy (non-hydrogen) atoms. The van der Waals surface area contributed by atoms with E-state index in [1.165, 1.54) is 55.6 Å². The molecular weight excluding hydrogens is 1190 g/mol. The van der Waals surface area contributed by atoms with Crippen LogP contribution in [-0.4, -0.2) is 14.5 Å². The molecule has 0 amide bonds. The summed E-state index contributed by atoms with van der Waals surface area (Å²) in [5, 5.41) is 8.91. The zero-order chi connectivity index (χ0) is 54.8. The van der Waals surface area contributed by atoms with Crippen molar-refractivity contribution in [1.82, 2.24) is 14.5 Å². The van der Waals surface area contributed by atoms with Gasteiger partial charge in [-0.3, -0.25) is 7.05 Å². The van der Waals surface area contributed by atoms with Crippen molar-refractivity contribution in [2.75, 3.05) is 4.90 Å². The molecule has 0 saturated carbocycles. The molecule has 0 bridgehead atoms. The maximum absolute atomic E-state index is 6.69. The SMILES string of the molecule is [CH2-]N(c1[c-]c(Oc2[c-]c3c(cc2)c2ccccc2n3-c2cc(C(C)(C)C)ccn2)ccc1)c1cccc2c1[nH]c1ccccc1c1ccc(-c3ccc4c(c3)C3(c5ccccc5-c5ccccc53)c3ccccc3-4)cc1c1ccccc21.[Pt]. The molecule has 2 aliphatic carbocycles. The number of nitrogens with zero attached hydrogens (tertiary/aromatic N) is 3. The monoisotopic (exact) mass is 1240 g/mol. The molecule has 0 unspecified atom stereocenters. The smallest absolute Gasteiger partial charge is 0.135 e. The Kier molecular flexibility index (Phi) is 11.7. The maximum Gasteiger partial charge on any atom is 0.135 e. The Balaban J connectivity index is 0.00000588. The average molecular weight is 1250 g/mol. The number of rotatable bonds is 6. The van der Waals surface area contributed by atoms with E-state index in [1.54, 1.807) is 0 Å². The van der Waals surface area contributed by atoms with E-state index in [4.69, 9.17) is 16.8 Å². The number of para-hydroxylation sites is 3. The standard InChI is InChI=1S/C77H53N4O.Pt/c1-76(2,3)50-41-42-78-74(45-50)81-71-33-16-11-27-62(71)63-40-37-53(47-73(63)81)82-52-20-17-19-51(46-52)80(4)72-34-18-28-64-54-21-5-6-22-55(54)65-43-48(35-38-56(65)61-26-10-15-32-70(61)79-75(64)72)49-36-39-60-59-25-9-14-31-68(59)77(69(60)44-49)66-29-12-7-23-57(66)58-24-8-13-30-67(58)77;/h5-45,79H,4H2,1-3H3;/q-3;. The molecule has 0 radical (unpaired) electrons. The first kappa shape index (κ1) is 50.4. The molecule has 6 heteroatoms. The third-order valence-corrected chi connectivity index (χ3v) is 17.3. The van der Waals surface area contributed by atoms with E-state index in [-0.39, 0.29) is 26.5 Å². The average Bonchev–Trinajstić information content (AvgIpc) is 2.58. The molecule has 16 rings (SSSR count). The van der Waals surface area contributed by atoms with Gasteiger partial charge in [0.2, 0.25) is 0 Å². The van der Waals surface area contributed by atoms with Gasteiger partial charge in [-0.1, -0.05) is 196 Å². The second kappa shape index (κ2) is 19.3. The molecular formula is C77H53N4OPt-3. The molecule has 0 saturated heterocycles. The first-order valence-corrected chi connectivity index (χ1v) is 28.1. The summed E-state index contributed by atoms with van der Waals surface area (Å²) >= 11 is 0. The van der Waals surface area contributed by atoms with Crippen LogP contribution in [0.1, 0.15) is 48.6 Å². The van der Waals surface area contributed by atoms with Crippen LogP contribution in [0.25, 0.3) is 104 Å². The summed E-state index contributed by atoms with van der Waals surface area (Å²) in [7, 11) is 4.72. The fourth-order valence-electron chi connectivity index (χ4n) is 13.6. The van der Waals surface area contributed by atoms with Crippen LogP contribution < -0.4 is 9.64 Å². The molecule has 14 aromatic rings. The first-order valence-electron chi connectivity index (χ1n) is 28.1. The summed E-state index contributed by atoms with van der Waals surface area (Å²) in [5.74, 6) is 1.96. The van der Waals surface area contributed by atoms with Crippen LogP contribution in [0.5, 0.6) is 11.5 Å². The number of pyridine rings is 1. The number of hydrogen-bond donors (Lipinski definition) is 1. The molecule has 0 aliphatic heterocycles. The molecule has 3 heterocycles. The summed E-state index contributed by atoms with van der Waals surface area (Å²) < 4.78 is 8.88. The van der Waals surface area contributed by atoms with Gasteiger partial charge < -0.3 is 19.2 Å². The largest absolute Gasteiger partial charge is 0.515 e. The van der Waals surface area contributed by atoms with E-state index in [9.17, 15) is 0 Å². The van der Waals surface area contributed by atoms with E-state index in [2.05, 4.69) is 261 Å². The fourth-order valence-corrected chi connectivity index (χ4v) is 13.6. The van der Waals surface area contributed by atoms with Crippen molar-refractivity contribution >= 4 is 76.5 Å². The second-order valence-corrected chi connectivity index (χ2v) is 22.8. The van der Waals surface area contributed by atoms with Gasteiger partial charge in [0, 0.05) is 66.3 Å². The van der Waals surface area contributed by atoms with Crippen molar-refractivity contribution in [1.29, 1.82) is 0 Å². The van der Waals surface area contributed by atoms with E-state index in [0.29, 0.717) is 11.5 Å². The topological polar surface area (TPSA) is 46.1 Å². The van der Waals surface area contributed by atoms with Crippen LogP contribution in [0.2, 0.25) is 0 Å². The number of nitrogens with one attached hydrogen (secondary N) is 1. The van der Waals surface area contributed by atoms with E-state index < -0.39 is 5.41 Å². The molecule has 5 nitrogen and oxygen atoms in total. The van der Waals surface area contributed by atoms with Crippen LogP contribution in [0, 0.1) is 19.2 Å². The van der Waals surface area contributed by atoms with Gasteiger partial charge in [-0.15, -0.1) is 41.4 Å². The van der Waals surface area contributed by atoms with E-state index >= 15 is 0 Å². The van der Waals surface area contributed by atoms with Crippen LogP contribution in [0.3, 0.4) is 0 Å². The Bertz CT molecular complexity index is 5000. The minimum Gasteiger partial charge on any atom is -0.515 e. The number of ether oxygens (including phenoxy) is 1. The van der Waals surface area contributed by atoms with Crippen molar-refractivity contribution in [3.8, 4) is 50.7 Å². The quantitative estimate of drug-likeness (QED) is 0.169. The Morgan fingerprint density at radius 2 is 1.05 bits per heavy atom. The molecule has 1 spiro atoms. The van der Waals surface area contributed by atoms with Crippen LogP contribution >= 0.6 is 0 Å². The first-order chi connectivity index (χ1) is 40.2. The zero-order valence-corrected chi connectivity index (χ0v) is 48.2. The van der Waals surface area contributed by atoms with Crippen molar-refractivity contribution in [3.05, 3.63) is 296 Å². The number of H-pyrrole nitrogens is 1. The van der Waals surface area contributed by atoms with Gasteiger partial charge in [-0.25, -0.2) is 4.98 Å². The normalized spacial score (nSPS) is 12.8. The Morgan fingerprint density at radius 3 is 1.78 bits per heavy atom. The van der Waals surface area contributed by atoms with Gasteiger partial charge >= 0.3 is 0 Å². The number of aromatic nitrogens is 3. The molecule has 400 valence electrons. The fraction of sp³-hybridized carbons (Fsp3) is 0.0649. The van der Waals surface area contributed by atoms with Gasteiger partial charge in [-0.05, 0) is 136 Å². The van der Waals surface area contributed by atoms with E-state index in [1.807, 2.05) is 35.4 Å². The molecule has 0 atom stereocenters. The van der Waals surface area contributed by atoms with Crippen LogP contribution in [0.4, 0.5) is 11.4 Å². The summed E-state index contributed by atoms with van der Waals surface area (Å²) in [6, 6.07) is 95.2. The van der Waals surface area contributed by atoms with Crippen molar-refractivity contribution in [2.24, 2.45) is 0 Å². The van der Waals surface area contributed by atoms with Gasteiger partial charge in [-0.2, -0.15) is 12.1 Å². The summed E-state index contributed by atoms with van der Waals surface area (Å²) in [6.07, 6.45) is 1.90. The van der Waals surface area contributed by atoms with E-state index in [0.717, 1.165) is 87.9 Å². The third-order valence-electron chi connectivity index (χ3n) is 17.3. The number of benzene rings is 11. The molecule has 0 fully saturated rings. The Morgan fingerprint density at radius 1 is 0.482 bits per heavy atom. The molecule has 2 aliphatic rings. The predicted octanol–water partition coefficient (Wildman–Crippen LogP) is 19.9. The minimum atomic E-state index is -0.432. The third kappa shape index (κ3) is 7.75. The van der Waals surface area contributed by atoms with Gasteiger partial charge in [0.15, 0.2) is 0 Å². The van der Waals surface area contributed by atoms with Gasteiger partial charge in [0.05, 0.1) is 10.9 Å². The zero-order valence-electron chi connectivity index (χ0n) is 45.9. The summed E-state index contributed by atoms with van der Waals surface area (Å²) in [6.45, 7) is 6.68. The summed E-state index contributed by atoms with van der Waals surface area (Å²) in [5.41, 5.74) is 19.1. The number of fused-ring (bicyclic) bond motifs is 20. The van der Waals surface area contributed by atoms with Gasteiger partial charge in [0.25, 0.3) is 0 Å². The van der Waals surface area contributed by atoms with Crippen molar-refractivity contribution in [3.63, 3.8) is 0 Å². The maximum atomic E-state index is 6.69. The van der Waals surface area contributed by atoms with Crippen LogP contribution in [-0.2, 0) is 31.9 Å². The number of hydrogen-bond acceptors (Lipinski definition) is 3. The van der Waals surface area contributed by atoms with Crippen molar-refractivity contribution < 1.29 is 25.8 Å². The number of aromatic amines is 1. The van der Waals surface area contributed by atoms with Gasteiger partial charge in [0.1, 0.15) is 5.82 Å². The Hall–Kier alpha value is -9.54. The molecule has 11 aromatic carbocycles. The molecule has 3 aromatic heterocycles.